The molecule has 1 N–H and O–H groups in total. The molecule has 1 saturated heterocycles. The SMILES string of the molecule is CCNC1CCCCCCC1N1CCC(CC)(CC)C1. The van der Waals surface area contributed by atoms with Crippen LogP contribution in [0.25, 0.3) is 0 Å². The Hall–Kier alpha value is -0.0800. The molecule has 0 bridgehead atoms. The smallest absolute Gasteiger partial charge is 0.0249 e. The number of nitrogens with one attached hydrogen (secondary N) is 1. The molecule has 0 aromatic carbocycles. The van der Waals surface area contributed by atoms with Gasteiger partial charge in [-0.3, -0.25) is 4.90 Å². The molecule has 2 nitrogen and oxygen atoms in total. The van der Waals surface area contributed by atoms with Gasteiger partial charge in [0.1, 0.15) is 0 Å². The molecule has 2 unspecified atom stereocenters. The van der Waals surface area contributed by atoms with Gasteiger partial charge in [0.15, 0.2) is 0 Å². The van der Waals surface area contributed by atoms with Gasteiger partial charge in [0.2, 0.25) is 0 Å². The van der Waals surface area contributed by atoms with Crippen LogP contribution in [0.2, 0.25) is 0 Å². The minimum Gasteiger partial charge on any atom is -0.313 e. The van der Waals surface area contributed by atoms with E-state index in [0.29, 0.717) is 5.41 Å². The van der Waals surface area contributed by atoms with Gasteiger partial charge in [0, 0.05) is 18.6 Å². The van der Waals surface area contributed by atoms with E-state index in [0.717, 1.165) is 18.6 Å². The molecule has 2 rings (SSSR count). The van der Waals surface area contributed by atoms with Gasteiger partial charge in [0.25, 0.3) is 0 Å². The molecule has 1 heterocycles. The molecule has 1 aliphatic carbocycles. The fraction of sp³-hybridized carbons (Fsp3) is 1.00. The highest BCUT2D eigenvalue weighted by atomic mass is 15.2. The van der Waals surface area contributed by atoms with Gasteiger partial charge in [0.05, 0.1) is 0 Å². The molecule has 1 aliphatic heterocycles. The van der Waals surface area contributed by atoms with Crippen molar-refractivity contribution in [2.45, 2.75) is 90.6 Å². The molecule has 0 spiro atoms. The monoisotopic (exact) mass is 280 g/mol. The van der Waals surface area contributed by atoms with Gasteiger partial charge in [-0.1, -0.05) is 46.5 Å². The molecular weight excluding hydrogens is 244 g/mol. The maximum absolute atomic E-state index is 3.80. The first kappa shape index (κ1) is 16.3. The van der Waals surface area contributed by atoms with E-state index in [4.69, 9.17) is 0 Å². The van der Waals surface area contributed by atoms with Crippen molar-refractivity contribution in [2.24, 2.45) is 5.41 Å². The zero-order chi connectivity index (χ0) is 14.4. The Morgan fingerprint density at radius 1 is 1.00 bits per heavy atom. The van der Waals surface area contributed by atoms with Crippen molar-refractivity contribution < 1.29 is 0 Å². The summed E-state index contributed by atoms with van der Waals surface area (Å²) in [5, 5.41) is 3.80. The summed E-state index contributed by atoms with van der Waals surface area (Å²) in [7, 11) is 0. The van der Waals surface area contributed by atoms with Crippen molar-refractivity contribution >= 4 is 0 Å². The number of nitrogens with zero attached hydrogens (tertiary/aromatic N) is 1. The van der Waals surface area contributed by atoms with E-state index in [1.54, 1.807) is 0 Å². The summed E-state index contributed by atoms with van der Waals surface area (Å²) in [5.74, 6) is 0. The zero-order valence-corrected chi connectivity index (χ0v) is 14.1. The Balaban J connectivity index is 2.02. The van der Waals surface area contributed by atoms with E-state index in [1.165, 1.54) is 70.9 Å². The summed E-state index contributed by atoms with van der Waals surface area (Å²) in [5.41, 5.74) is 0.624. The lowest BCUT2D eigenvalue weighted by atomic mass is 9.81. The topological polar surface area (TPSA) is 15.3 Å². The summed E-state index contributed by atoms with van der Waals surface area (Å²) in [4.78, 5) is 2.85. The van der Waals surface area contributed by atoms with Crippen LogP contribution in [0.5, 0.6) is 0 Å². The second-order valence-corrected chi connectivity index (χ2v) is 7.15. The van der Waals surface area contributed by atoms with Crippen LogP contribution in [0.1, 0.15) is 78.6 Å². The number of likely N-dealkylation sites (N-methyl/N-ethyl adjacent to an activating group) is 1. The molecule has 0 aromatic heterocycles. The van der Waals surface area contributed by atoms with Crippen LogP contribution in [0.15, 0.2) is 0 Å². The average Bonchev–Trinajstić information content (AvgIpc) is 2.87. The fourth-order valence-electron chi connectivity index (χ4n) is 4.48. The third-order valence-corrected chi connectivity index (χ3v) is 6.13. The van der Waals surface area contributed by atoms with Gasteiger partial charge in [-0.25, -0.2) is 0 Å². The molecule has 2 aliphatic rings. The zero-order valence-electron chi connectivity index (χ0n) is 14.1. The molecule has 20 heavy (non-hydrogen) atoms. The standard InChI is InChI=1S/C18H36N2/c1-4-18(5-2)13-14-20(15-18)17-12-10-8-7-9-11-16(17)19-6-3/h16-17,19H,4-15H2,1-3H3. The van der Waals surface area contributed by atoms with E-state index in [2.05, 4.69) is 31.0 Å². The lowest BCUT2D eigenvalue weighted by molar-refractivity contribution is 0.139. The molecule has 2 atom stereocenters. The van der Waals surface area contributed by atoms with Crippen molar-refractivity contribution in [1.29, 1.82) is 0 Å². The molecule has 1 saturated carbocycles. The second kappa shape index (κ2) is 7.79. The predicted octanol–water partition coefficient (Wildman–Crippen LogP) is 4.20. The lowest BCUT2D eigenvalue weighted by Gasteiger charge is -2.38. The first-order valence-corrected chi connectivity index (χ1v) is 9.22. The largest absolute Gasteiger partial charge is 0.313 e. The Morgan fingerprint density at radius 3 is 2.30 bits per heavy atom. The van der Waals surface area contributed by atoms with Crippen molar-refractivity contribution in [3.63, 3.8) is 0 Å². The summed E-state index contributed by atoms with van der Waals surface area (Å²) in [6.07, 6.45) is 12.7. The van der Waals surface area contributed by atoms with Gasteiger partial charge < -0.3 is 5.32 Å². The number of likely N-dealkylation sites (tertiary alicyclic amines) is 1. The van der Waals surface area contributed by atoms with Gasteiger partial charge in [-0.2, -0.15) is 0 Å². The van der Waals surface area contributed by atoms with E-state index in [-0.39, 0.29) is 0 Å². The highest BCUT2D eigenvalue weighted by molar-refractivity contribution is 4.95. The van der Waals surface area contributed by atoms with Gasteiger partial charge in [-0.15, -0.1) is 0 Å². The number of hydrogen-bond donors (Lipinski definition) is 1. The molecule has 0 amide bonds. The third kappa shape index (κ3) is 3.76. The third-order valence-electron chi connectivity index (χ3n) is 6.13. The van der Waals surface area contributed by atoms with Gasteiger partial charge >= 0.3 is 0 Å². The van der Waals surface area contributed by atoms with Crippen LogP contribution in [-0.4, -0.2) is 36.6 Å². The fourth-order valence-corrected chi connectivity index (χ4v) is 4.48. The van der Waals surface area contributed by atoms with Crippen LogP contribution in [0.3, 0.4) is 0 Å². The van der Waals surface area contributed by atoms with Crippen LogP contribution < -0.4 is 5.32 Å². The normalized spacial score (nSPS) is 31.9. The summed E-state index contributed by atoms with van der Waals surface area (Å²) in [6, 6.07) is 1.54. The average molecular weight is 280 g/mol. The van der Waals surface area contributed by atoms with Crippen molar-refractivity contribution in [2.75, 3.05) is 19.6 Å². The van der Waals surface area contributed by atoms with E-state index >= 15 is 0 Å². The second-order valence-electron chi connectivity index (χ2n) is 7.15. The number of rotatable bonds is 5. The van der Waals surface area contributed by atoms with Crippen LogP contribution in [0, 0.1) is 5.41 Å². The minimum absolute atomic E-state index is 0.624. The number of hydrogen-bond acceptors (Lipinski definition) is 2. The summed E-state index contributed by atoms with van der Waals surface area (Å²) in [6.45, 7) is 10.9. The highest BCUT2D eigenvalue weighted by Crippen LogP contribution is 2.39. The summed E-state index contributed by atoms with van der Waals surface area (Å²) >= 11 is 0. The Morgan fingerprint density at radius 2 is 1.70 bits per heavy atom. The van der Waals surface area contributed by atoms with Crippen molar-refractivity contribution in [1.82, 2.24) is 10.2 Å². The van der Waals surface area contributed by atoms with E-state index in [1.807, 2.05) is 0 Å². The van der Waals surface area contributed by atoms with E-state index < -0.39 is 0 Å². The van der Waals surface area contributed by atoms with Gasteiger partial charge in [-0.05, 0) is 50.6 Å². The Labute approximate surface area is 126 Å². The van der Waals surface area contributed by atoms with E-state index in [9.17, 15) is 0 Å². The summed E-state index contributed by atoms with van der Waals surface area (Å²) < 4.78 is 0. The quantitative estimate of drug-likeness (QED) is 0.812. The molecule has 0 aromatic rings. The van der Waals surface area contributed by atoms with Crippen LogP contribution in [0.4, 0.5) is 0 Å². The Bertz CT molecular complexity index is 273. The Kier molecular flexibility index (Phi) is 6.35. The predicted molar refractivity (Wildman–Crippen MR) is 88.2 cm³/mol. The molecule has 0 radical (unpaired) electrons. The lowest BCUT2D eigenvalue weighted by Crippen LogP contribution is -2.50. The first-order chi connectivity index (χ1) is 9.74. The maximum Gasteiger partial charge on any atom is 0.0249 e. The van der Waals surface area contributed by atoms with Crippen molar-refractivity contribution in [3.05, 3.63) is 0 Å². The molecule has 2 heteroatoms. The highest BCUT2D eigenvalue weighted by Gasteiger charge is 2.39. The van der Waals surface area contributed by atoms with Crippen LogP contribution >= 0.6 is 0 Å². The molecule has 118 valence electrons. The maximum atomic E-state index is 3.80. The van der Waals surface area contributed by atoms with Crippen molar-refractivity contribution in [3.8, 4) is 0 Å². The first-order valence-electron chi connectivity index (χ1n) is 9.22. The minimum atomic E-state index is 0.624. The molecule has 2 fully saturated rings. The van der Waals surface area contributed by atoms with Crippen LogP contribution in [-0.2, 0) is 0 Å². The molecular formula is C18H36N2.